The van der Waals surface area contributed by atoms with Crippen LogP contribution in [0.4, 0.5) is 0 Å². The van der Waals surface area contributed by atoms with Crippen molar-refractivity contribution in [2.45, 2.75) is 44.0 Å². The molecule has 1 radical (unpaired) electrons. The first-order valence-electron chi connectivity index (χ1n) is 4.82. The van der Waals surface area contributed by atoms with Gasteiger partial charge in [-0.3, -0.25) is 0 Å². The molecule has 0 aromatic carbocycles. The Kier molecular flexibility index (Phi) is 4.02. The zero-order valence-corrected chi connectivity index (χ0v) is 9.45. The van der Waals surface area contributed by atoms with Gasteiger partial charge in [-0.1, -0.05) is 0 Å². The molecule has 0 saturated carbocycles. The third-order valence-corrected chi connectivity index (χ3v) is 2.99. The summed E-state index contributed by atoms with van der Waals surface area (Å²) in [6.45, 7) is 10.6. The van der Waals surface area contributed by atoms with Crippen LogP contribution in [0.25, 0.3) is 4.85 Å². The average Bonchev–Trinajstić information content (AvgIpc) is 2.27. The van der Waals surface area contributed by atoms with E-state index in [0.717, 1.165) is 0 Å². The fraction of sp³-hybridized carbons (Fsp3) is 0.889. The van der Waals surface area contributed by atoms with Gasteiger partial charge >= 0.3 is 94.6 Å². The molecule has 1 heterocycles. The summed E-state index contributed by atoms with van der Waals surface area (Å²) in [4.78, 5) is 8.16. The van der Waals surface area contributed by atoms with Crippen LogP contribution in [0.5, 0.6) is 0 Å². The van der Waals surface area contributed by atoms with E-state index in [9.17, 15) is 5.11 Å². The van der Waals surface area contributed by atoms with Crippen LogP contribution in [-0.2, 0) is 14.3 Å². The summed E-state index contributed by atoms with van der Waals surface area (Å²) in [6, 6.07) is 0. The summed E-state index contributed by atoms with van der Waals surface area (Å²) in [6.07, 6.45) is -3.32. The Hall–Kier alpha value is -0.965. The number of aliphatic hydroxyl groups is 1. The zero-order chi connectivity index (χ0) is 12.3. The maximum atomic E-state index is 9.91. The molecule has 0 spiro atoms. The van der Waals surface area contributed by atoms with Gasteiger partial charge in [0, 0.05) is 0 Å². The van der Waals surface area contributed by atoms with Crippen LogP contribution >= 0.6 is 0 Å². The molecule has 0 aromatic rings. The standard InChI is InChI=1S/C9H14BN2O4/c1-5-9(2,11-3)7(14-4)6(13)8(15-5)16-12-10/h5-8,13H,1-2,4H3. The van der Waals surface area contributed by atoms with Crippen LogP contribution < -0.4 is 0 Å². The van der Waals surface area contributed by atoms with E-state index < -0.39 is 30.1 Å². The van der Waals surface area contributed by atoms with Gasteiger partial charge in [0.05, 0.1) is 0 Å². The Labute approximate surface area is 95.4 Å². The SMILES string of the molecule is [B]=NOC1OC(C)C(C)([N+]#[C-])C(OC)C1O. The van der Waals surface area contributed by atoms with Crippen molar-refractivity contribution in [3.05, 3.63) is 11.4 Å². The van der Waals surface area contributed by atoms with Crippen molar-refractivity contribution < 1.29 is 19.4 Å². The van der Waals surface area contributed by atoms with Crippen LogP contribution in [0, 0.1) is 6.57 Å². The number of aliphatic hydroxyl groups excluding tert-OH is 1. The molecule has 0 amide bonds. The summed E-state index contributed by atoms with van der Waals surface area (Å²) in [5, 5.41) is 12.9. The summed E-state index contributed by atoms with van der Waals surface area (Å²) in [5.74, 6) is 0. The van der Waals surface area contributed by atoms with E-state index >= 15 is 0 Å². The molecule has 1 fully saturated rings. The number of hydrogen-bond donors (Lipinski definition) is 1. The van der Waals surface area contributed by atoms with E-state index in [1.807, 2.05) is 0 Å². The van der Waals surface area contributed by atoms with Gasteiger partial charge < -0.3 is 0 Å². The van der Waals surface area contributed by atoms with Crippen molar-refractivity contribution in [3.8, 4) is 0 Å². The second-order valence-electron chi connectivity index (χ2n) is 3.84. The number of hydrogen-bond acceptors (Lipinski definition) is 5. The molecule has 16 heavy (non-hydrogen) atoms. The number of rotatable bonds is 3. The Morgan fingerprint density at radius 3 is 2.69 bits per heavy atom. The number of ether oxygens (including phenoxy) is 2. The molecule has 5 atom stereocenters. The minimum absolute atomic E-state index is 0.468. The summed E-state index contributed by atoms with van der Waals surface area (Å²) in [5.41, 5.74) is -0.970. The van der Waals surface area contributed by atoms with E-state index in [0.29, 0.717) is 0 Å². The van der Waals surface area contributed by atoms with Gasteiger partial charge in [-0.2, -0.15) is 0 Å². The van der Waals surface area contributed by atoms with E-state index in [4.69, 9.17) is 23.7 Å². The Morgan fingerprint density at radius 1 is 1.62 bits per heavy atom. The first-order valence-corrected chi connectivity index (χ1v) is 4.82. The molecule has 1 N–H and O–H groups in total. The normalized spacial score (nSPS) is 43.4. The summed E-state index contributed by atoms with van der Waals surface area (Å²) >= 11 is 0. The molecule has 0 aromatic heterocycles. The molecule has 1 saturated heterocycles. The second kappa shape index (κ2) is 4.91. The molecule has 87 valence electrons. The predicted octanol–water partition coefficient (Wildman–Crippen LogP) is 0.0688. The Morgan fingerprint density at radius 2 is 2.25 bits per heavy atom. The molecule has 7 heteroatoms. The van der Waals surface area contributed by atoms with Gasteiger partial charge in [0.15, 0.2) is 0 Å². The van der Waals surface area contributed by atoms with E-state index in [2.05, 4.69) is 14.7 Å². The monoisotopic (exact) mass is 225 g/mol. The predicted molar refractivity (Wildman–Crippen MR) is 55.4 cm³/mol. The van der Waals surface area contributed by atoms with Gasteiger partial charge in [0.25, 0.3) is 0 Å². The fourth-order valence-electron chi connectivity index (χ4n) is 1.82. The quantitative estimate of drug-likeness (QED) is 0.419. The van der Waals surface area contributed by atoms with Crippen molar-refractivity contribution >= 4 is 7.64 Å². The van der Waals surface area contributed by atoms with Crippen molar-refractivity contribution in [1.82, 2.24) is 0 Å². The second-order valence-corrected chi connectivity index (χ2v) is 3.84. The zero-order valence-electron chi connectivity index (χ0n) is 9.45. The molecular weight excluding hydrogens is 211 g/mol. The minimum atomic E-state index is -1.12. The molecule has 5 unspecified atom stereocenters. The topological polar surface area (TPSA) is 64.6 Å². The van der Waals surface area contributed by atoms with Gasteiger partial charge in [-0.05, 0) is 0 Å². The van der Waals surface area contributed by atoms with Crippen LogP contribution in [-0.4, -0.2) is 50.0 Å². The van der Waals surface area contributed by atoms with Crippen molar-refractivity contribution in [2.24, 2.45) is 5.06 Å². The first kappa shape index (κ1) is 13.1. The van der Waals surface area contributed by atoms with Crippen LogP contribution in [0.2, 0.25) is 0 Å². The third-order valence-electron chi connectivity index (χ3n) is 2.99. The molecule has 1 rings (SSSR count). The number of nitrogens with zero attached hydrogens (tertiary/aromatic N) is 2. The maximum absolute atomic E-state index is 9.91. The Bertz CT molecular complexity index is 308. The summed E-state index contributed by atoms with van der Waals surface area (Å²) in [7, 11) is 6.29. The Balaban J connectivity index is 2.97. The molecule has 1 aliphatic heterocycles. The van der Waals surface area contributed by atoms with Gasteiger partial charge in [-0.15, -0.1) is 0 Å². The fourth-order valence-corrected chi connectivity index (χ4v) is 1.82. The van der Waals surface area contributed by atoms with Crippen LogP contribution in [0.15, 0.2) is 5.06 Å². The molecule has 1 aliphatic rings. The molecule has 6 nitrogen and oxygen atoms in total. The van der Waals surface area contributed by atoms with E-state index in [-0.39, 0.29) is 0 Å². The molecular formula is C9H14BN2O4. The summed E-state index contributed by atoms with van der Waals surface area (Å²) < 4.78 is 10.5. The van der Waals surface area contributed by atoms with Crippen LogP contribution in [0.1, 0.15) is 13.8 Å². The van der Waals surface area contributed by atoms with Crippen molar-refractivity contribution in [3.63, 3.8) is 0 Å². The average molecular weight is 225 g/mol. The van der Waals surface area contributed by atoms with Gasteiger partial charge in [-0.25, -0.2) is 0 Å². The van der Waals surface area contributed by atoms with Crippen molar-refractivity contribution in [2.75, 3.05) is 7.11 Å². The molecule has 0 bridgehead atoms. The van der Waals surface area contributed by atoms with Gasteiger partial charge in [0.2, 0.25) is 0 Å². The van der Waals surface area contributed by atoms with Gasteiger partial charge in [0.1, 0.15) is 0 Å². The number of methoxy groups -OCH3 is 1. The molecule has 0 aliphatic carbocycles. The van der Waals surface area contributed by atoms with Crippen molar-refractivity contribution in [1.29, 1.82) is 0 Å². The first-order chi connectivity index (χ1) is 7.51. The van der Waals surface area contributed by atoms with Crippen LogP contribution in [0.3, 0.4) is 0 Å². The van der Waals surface area contributed by atoms with E-state index in [1.165, 1.54) is 7.11 Å². The third kappa shape index (κ3) is 1.96. The van der Waals surface area contributed by atoms with E-state index in [1.54, 1.807) is 13.8 Å².